The van der Waals surface area contributed by atoms with E-state index in [1.807, 2.05) is 6.92 Å². The monoisotopic (exact) mass is 293 g/mol. The molecule has 1 fully saturated rings. The molecule has 2 heterocycles. The molecule has 2 rings (SSSR count). The molecule has 0 aromatic carbocycles. The Morgan fingerprint density at radius 3 is 2.76 bits per heavy atom. The lowest BCUT2D eigenvalue weighted by atomic mass is 9.92. The van der Waals surface area contributed by atoms with Crippen LogP contribution in [0.1, 0.15) is 39.9 Å². The van der Waals surface area contributed by atoms with Gasteiger partial charge in [-0.2, -0.15) is 5.10 Å². The highest BCUT2D eigenvalue weighted by molar-refractivity contribution is 5.97. The summed E-state index contributed by atoms with van der Waals surface area (Å²) in [5.74, 6) is 0.951. The summed E-state index contributed by atoms with van der Waals surface area (Å²) in [6.07, 6.45) is 2.05. The van der Waals surface area contributed by atoms with Gasteiger partial charge < -0.3 is 10.2 Å². The van der Waals surface area contributed by atoms with Crippen molar-refractivity contribution in [2.24, 2.45) is 5.92 Å². The maximum Gasteiger partial charge on any atom is 0.246 e. The van der Waals surface area contributed by atoms with Crippen LogP contribution >= 0.6 is 0 Å². The molecule has 1 saturated heterocycles. The van der Waals surface area contributed by atoms with Gasteiger partial charge in [0.25, 0.3) is 0 Å². The minimum atomic E-state index is -0.829. The molecule has 1 aliphatic heterocycles. The number of carbonyl (C=O) groups excluding carboxylic acids is 2. The van der Waals surface area contributed by atoms with E-state index in [-0.39, 0.29) is 18.4 Å². The fraction of sp³-hybridized carbons (Fsp3) is 0.714. The van der Waals surface area contributed by atoms with Gasteiger partial charge in [0.15, 0.2) is 0 Å². The molecular formula is C14H23N5O2. The highest BCUT2D eigenvalue weighted by atomic mass is 16.2. The van der Waals surface area contributed by atoms with E-state index in [1.54, 1.807) is 16.5 Å². The summed E-state index contributed by atoms with van der Waals surface area (Å²) < 4.78 is 1.81. The first kappa shape index (κ1) is 15.5. The topological polar surface area (TPSA) is 80.1 Å². The van der Waals surface area contributed by atoms with Crippen molar-refractivity contribution in [1.82, 2.24) is 25.0 Å². The van der Waals surface area contributed by atoms with Gasteiger partial charge in [-0.15, -0.1) is 0 Å². The average molecular weight is 293 g/mol. The Morgan fingerprint density at radius 1 is 1.43 bits per heavy atom. The fourth-order valence-corrected chi connectivity index (χ4v) is 2.50. The van der Waals surface area contributed by atoms with Gasteiger partial charge in [-0.05, 0) is 19.3 Å². The Balaban J connectivity index is 2.25. The van der Waals surface area contributed by atoms with Crippen molar-refractivity contribution in [3.8, 4) is 0 Å². The van der Waals surface area contributed by atoms with Crippen LogP contribution in [-0.2, 0) is 22.7 Å². The van der Waals surface area contributed by atoms with Crippen LogP contribution in [-0.4, -0.2) is 43.6 Å². The number of carbonyl (C=O) groups is 2. The van der Waals surface area contributed by atoms with Crippen LogP contribution in [0.3, 0.4) is 0 Å². The Morgan fingerprint density at radius 2 is 2.14 bits per heavy atom. The van der Waals surface area contributed by atoms with Crippen molar-refractivity contribution in [3.63, 3.8) is 0 Å². The summed E-state index contributed by atoms with van der Waals surface area (Å²) in [4.78, 5) is 30.2. The largest absolute Gasteiger partial charge is 0.345 e. The number of amides is 2. The van der Waals surface area contributed by atoms with E-state index in [9.17, 15) is 9.59 Å². The number of nitrogens with one attached hydrogen (secondary N) is 1. The van der Waals surface area contributed by atoms with Gasteiger partial charge in [-0.25, -0.2) is 9.67 Å². The molecule has 1 aliphatic rings. The predicted molar refractivity (Wildman–Crippen MR) is 77.1 cm³/mol. The number of nitrogens with zero attached hydrogens (tertiary/aromatic N) is 4. The minimum absolute atomic E-state index is 0.0484. The second kappa shape index (κ2) is 5.83. The third kappa shape index (κ3) is 2.91. The highest BCUT2D eigenvalue weighted by Gasteiger charge is 2.44. The lowest BCUT2D eigenvalue weighted by Crippen LogP contribution is -2.65. The molecule has 0 spiro atoms. The zero-order valence-electron chi connectivity index (χ0n) is 13.1. The number of aromatic nitrogens is 3. The summed E-state index contributed by atoms with van der Waals surface area (Å²) in [6, 6.07) is 0. The van der Waals surface area contributed by atoms with Crippen LogP contribution in [0, 0.1) is 5.92 Å². The number of rotatable bonds is 5. The van der Waals surface area contributed by atoms with Gasteiger partial charge in [0, 0.05) is 6.54 Å². The zero-order valence-corrected chi connectivity index (χ0v) is 13.1. The number of hydrogen-bond acceptors (Lipinski definition) is 4. The summed E-state index contributed by atoms with van der Waals surface area (Å²) in [5, 5.41) is 6.86. The van der Waals surface area contributed by atoms with Crippen LogP contribution in [0.15, 0.2) is 6.33 Å². The van der Waals surface area contributed by atoms with Crippen LogP contribution < -0.4 is 5.32 Å². The molecule has 0 aliphatic carbocycles. The average Bonchev–Trinajstić information content (AvgIpc) is 2.85. The van der Waals surface area contributed by atoms with Gasteiger partial charge in [0.05, 0.1) is 13.1 Å². The zero-order chi connectivity index (χ0) is 15.6. The first-order chi connectivity index (χ1) is 9.88. The van der Waals surface area contributed by atoms with Crippen molar-refractivity contribution >= 4 is 11.8 Å². The first-order valence-corrected chi connectivity index (χ1v) is 7.34. The third-order valence-electron chi connectivity index (χ3n) is 4.01. The molecule has 0 radical (unpaired) electrons. The first-order valence-electron chi connectivity index (χ1n) is 7.34. The second-order valence-corrected chi connectivity index (χ2v) is 6.04. The SMILES string of the molecule is CCC1(C)C(=O)NCC(=O)N1Cc1ncnn1CC(C)C. The fourth-order valence-electron chi connectivity index (χ4n) is 2.50. The van der Waals surface area contributed by atoms with E-state index in [2.05, 4.69) is 29.2 Å². The lowest BCUT2D eigenvalue weighted by molar-refractivity contribution is -0.153. The molecule has 0 saturated carbocycles. The van der Waals surface area contributed by atoms with E-state index in [0.717, 1.165) is 6.54 Å². The van der Waals surface area contributed by atoms with Crippen LogP contribution in [0.2, 0.25) is 0 Å². The summed E-state index contributed by atoms with van der Waals surface area (Å²) in [6.45, 7) is 9.00. The van der Waals surface area contributed by atoms with Gasteiger partial charge in [0.1, 0.15) is 17.7 Å². The van der Waals surface area contributed by atoms with Gasteiger partial charge in [-0.1, -0.05) is 20.8 Å². The molecule has 0 bridgehead atoms. The smallest absolute Gasteiger partial charge is 0.246 e. The molecule has 116 valence electrons. The Hall–Kier alpha value is -1.92. The van der Waals surface area contributed by atoms with E-state index >= 15 is 0 Å². The molecule has 1 aromatic heterocycles. The Labute approximate surface area is 124 Å². The van der Waals surface area contributed by atoms with Crippen LogP contribution in [0.4, 0.5) is 0 Å². The van der Waals surface area contributed by atoms with Crippen LogP contribution in [0.5, 0.6) is 0 Å². The molecule has 1 atom stereocenters. The standard InChI is InChI=1S/C14H23N5O2/c1-5-14(4)13(21)15-6-12(20)18(14)8-11-16-9-17-19(11)7-10(2)3/h9-10H,5-8H2,1-4H3,(H,15,21). The predicted octanol–water partition coefficient (Wildman–Crippen LogP) is 0.561. The van der Waals surface area contributed by atoms with E-state index in [4.69, 9.17) is 0 Å². The Bertz CT molecular complexity index is 539. The summed E-state index contributed by atoms with van der Waals surface area (Å²) in [5.41, 5.74) is -0.829. The Kier molecular flexibility index (Phi) is 4.29. The third-order valence-corrected chi connectivity index (χ3v) is 4.01. The van der Waals surface area contributed by atoms with Gasteiger partial charge >= 0.3 is 0 Å². The lowest BCUT2D eigenvalue weighted by Gasteiger charge is -2.42. The highest BCUT2D eigenvalue weighted by Crippen LogP contribution is 2.24. The second-order valence-electron chi connectivity index (χ2n) is 6.04. The molecule has 7 heteroatoms. The molecule has 1 unspecified atom stereocenters. The molecular weight excluding hydrogens is 270 g/mol. The van der Waals surface area contributed by atoms with Crippen molar-refractivity contribution in [1.29, 1.82) is 0 Å². The molecule has 7 nitrogen and oxygen atoms in total. The molecule has 1 N–H and O–H groups in total. The van der Waals surface area contributed by atoms with E-state index in [1.165, 1.54) is 6.33 Å². The van der Waals surface area contributed by atoms with E-state index < -0.39 is 5.54 Å². The number of hydrogen-bond donors (Lipinski definition) is 1. The molecule has 21 heavy (non-hydrogen) atoms. The van der Waals surface area contributed by atoms with Crippen molar-refractivity contribution in [2.75, 3.05) is 6.54 Å². The van der Waals surface area contributed by atoms with Crippen molar-refractivity contribution in [2.45, 2.75) is 52.7 Å². The molecule has 1 aromatic rings. The molecule has 2 amide bonds. The summed E-state index contributed by atoms with van der Waals surface area (Å²) in [7, 11) is 0. The van der Waals surface area contributed by atoms with Crippen molar-refractivity contribution < 1.29 is 9.59 Å². The van der Waals surface area contributed by atoms with Gasteiger partial charge in [-0.3, -0.25) is 9.59 Å². The maximum atomic E-state index is 12.2. The van der Waals surface area contributed by atoms with Crippen molar-refractivity contribution in [3.05, 3.63) is 12.2 Å². The number of piperazine rings is 1. The van der Waals surface area contributed by atoms with Gasteiger partial charge in [0.2, 0.25) is 11.8 Å². The van der Waals surface area contributed by atoms with Crippen LogP contribution in [0.25, 0.3) is 0 Å². The summed E-state index contributed by atoms with van der Waals surface area (Å²) >= 11 is 0. The normalized spacial score (nSPS) is 22.8. The quantitative estimate of drug-likeness (QED) is 0.860. The minimum Gasteiger partial charge on any atom is -0.345 e. The van der Waals surface area contributed by atoms with E-state index in [0.29, 0.717) is 24.7 Å². The maximum absolute atomic E-state index is 12.2.